The molecule has 1 N–H and O–H groups in total. The van der Waals surface area contributed by atoms with Crippen molar-refractivity contribution in [2.75, 3.05) is 13.1 Å². The number of fused-ring (bicyclic) bond motifs is 5. The lowest BCUT2D eigenvalue weighted by Crippen LogP contribution is -2.50. The van der Waals surface area contributed by atoms with Gasteiger partial charge in [0.25, 0.3) is 0 Å². The number of aldehydes is 1. The number of rotatable bonds is 4. The number of benzene rings is 1. The van der Waals surface area contributed by atoms with Crippen LogP contribution in [0, 0.1) is 11.8 Å². The van der Waals surface area contributed by atoms with Gasteiger partial charge in [0, 0.05) is 41.7 Å². The SMILES string of the molecule is C[C@H](O[Si](C)(C)C)[C@@H]1C[C@H](C=O)[C@@H]2c3[nH]c4ccccc4c3CCN2C1. The normalized spacial score (nSPS) is 27.8. The van der Waals surface area contributed by atoms with E-state index in [9.17, 15) is 4.79 Å². The third kappa shape index (κ3) is 3.17. The zero-order chi connectivity index (χ0) is 18.5. The molecule has 1 aromatic heterocycles. The Hall–Kier alpha value is -1.43. The summed E-state index contributed by atoms with van der Waals surface area (Å²) in [5, 5.41) is 1.32. The molecule has 0 radical (unpaired) electrons. The lowest BCUT2D eigenvalue weighted by molar-refractivity contribution is -0.117. The Morgan fingerprint density at radius 1 is 1.31 bits per heavy atom. The van der Waals surface area contributed by atoms with Crippen molar-refractivity contribution in [1.82, 2.24) is 9.88 Å². The minimum atomic E-state index is -1.57. The summed E-state index contributed by atoms with van der Waals surface area (Å²) in [4.78, 5) is 18.2. The summed E-state index contributed by atoms with van der Waals surface area (Å²) >= 11 is 0. The van der Waals surface area contributed by atoms with Gasteiger partial charge >= 0.3 is 0 Å². The Labute approximate surface area is 157 Å². The molecule has 0 bridgehead atoms. The van der Waals surface area contributed by atoms with Crippen molar-refractivity contribution in [2.24, 2.45) is 11.8 Å². The predicted molar refractivity (Wildman–Crippen MR) is 108 cm³/mol. The van der Waals surface area contributed by atoms with Crippen LogP contribution < -0.4 is 0 Å². The molecule has 5 heteroatoms. The van der Waals surface area contributed by atoms with Gasteiger partial charge in [0.05, 0.1) is 6.04 Å². The van der Waals surface area contributed by atoms with Gasteiger partial charge in [-0.05, 0) is 57.0 Å². The second kappa shape index (κ2) is 6.62. The van der Waals surface area contributed by atoms with Crippen LogP contribution in [-0.2, 0) is 15.6 Å². The number of carbonyl (C=O) groups is 1. The third-order valence-electron chi connectivity index (χ3n) is 6.01. The van der Waals surface area contributed by atoms with E-state index in [1.165, 1.54) is 28.4 Å². The minimum Gasteiger partial charge on any atom is -0.415 e. The van der Waals surface area contributed by atoms with Gasteiger partial charge in [-0.2, -0.15) is 0 Å². The molecule has 0 saturated carbocycles. The van der Waals surface area contributed by atoms with Gasteiger partial charge in [-0.25, -0.2) is 0 Å². The quantitative estimate of drug-likeness (QED) is 0.650. The first-order valence-corrected chi connectivity index (χ1v) is 13.2. The van der Waals surface area contributed by atoms with Crippen LogP contribution in [0.2, 0.25) is 19.6 Å². The number of H-pyrrole nitrogens is 1. The Bertz CT molecular complexity index is 810. The van der Waals surface area contributed by atoms with Crippen LogP contribution in [0.25, 0.3) is 10.9 Å². The fraction of sp³-hybridized carbons (Fsp3) is 0.571. The number of nitrogens with zero attached hydrogens (tertiary/aromatic N) is 1. The number of hydrogen-bond donors (Lipinski definition) is 1. The van der Waals surface area contributed by atoms with E-state index < -0.39 is 8.32 Å². The molecule has 26 heavy (non-hydrogen) atoms. The first-order valence-electron chi connectivity index (χ1n) is 9.84. The zero-order valence-corrected chi connectivity index (χ0v) is 17.3. The molecule has 1 fully saturated rings. The second-order valence-electron chi connectivity index (χ2n) is 8.98. The van der Waals surface area contributed by atoms with Gasteiger partial charge in [0.1, 0.15) is 6.29 Å². The predicted octanol–water partition coefficient (Wildman–Crippen LogP) is 4.14. The van der Waals surface area contributed by atoms with E-state index in [0.717, 1.165) is 25.9 Å². The molecule has 2 aromatic rings. The maximum atomic E-state index is 12.0. The second-order valence-corrected chi connectivity index (χ2v) is 13.4. The highest BCUT2D eigenvalue weighted by molar-refractivity contribution is 6.69. The molecule has 3 heterocycles. The topological polar surface area (TPSA) is 45.3 Å². The number of aromatic nitrogens is 1. The van der Waals surface area contributed by atoms with E-state index in [0.29, 0.717) is 5.92 Å². The van der Waals surface area contributed by atoms with Crippen molar-refractivity contribution < 1.29 is 9.22 Å². The Morgan fingerprint density at radius 2 is 2.08 bits per heavy atom. The molecule has 2 aliphatic heterocycles. The van der Waals surface area contributed by atoms with Crippen molar-refractivity contribution in [3.63, 3.8) is 0 Å². The largest absolute Gasteiger partial charge is 0.415 e. The highest BCUT2D eigenvalue weighted by atomic mass is 28.4. The van der Waals surface area contributed by atoms with E-state index in [-0.39, 0.29) is 18.1 Å². The van der Waals surface area contributed by atoms with Gasteiger partial charge in [-0.3, -0.25) is 4.90 Å². The molecule has 4 nitrogen and oxygen atoms in total. The van der Waals surface area contributed by atoms with Crippen LogP contribution in [0.4, 0.5) is 0 Å². The lowest BCUT2D eigenvalue weighted by Gasteiger charge is -2.47. The minimum absolute atomic E-state index is 0.0357. The van der Waals surface area contributed by atoms with Crippen LogP contribution in [0.3, 0.4) is 0 Å². The van der Waals surface area contributed by atoms with Crippen LogP contribution in [-0.4, -0.2) is 43.7 Å². The monoisotopic (exact) mass is 370 g/mol. The van der Waals surface area contributed by atoms with Crippen molar-refractivity contribution >= 4 is 25.5 Å². The van der Waals surface area contributed by atoms with Gasteiger partial charge in [-0.1, -0.05) is 18.2 Å². The Balaban J connectivity index is 1.63. The summed E-state index contributed by atoms with van der Waals surface area (Å²) in [7, 11) is -1.57. The van der Waals surface area contributed by atoms with Crippen molar-refractivity contribution in [1.29, 1.82) is 0 Å². The van der Waals surface area contributed by atoms with E-state index >= 15 is 0 Å². The standard InChI is InChI=1S/C21H30N2O2Si/c1-14(25-26(2,3)4)15-11-16(13-24)21-20-18(9-10-23(21)12-15)17-7-5-6-8-19(17)22-20/h5-8,13-16,21-22H,9-12H2,1-4H3/t14-,15+,16+,21+/m0/s1. The molecule has 0 aliphatic carbocycles. The first kappa shape index (κ1) is 18.0. The molecular weight excluding hydrogens is 340 g/mol. The molecular formula is C21H30N2O2Si. The molecule has 4 atom stereocenters. The van der Waals surface area contributed by atoms with Crippen molar-refractivity contribution in [3.05, 3.63) is 35.5 Å². The fourth-order valence-corrected chi connectivity index (χ4v) is 6.30. The number of carbonyl (C=O) groups excluding carboxylic acids is 1. The molecule has 0 amide bonds. The number of piperidine rings is 1. The van der Waals surface area contributed by atoms with E-state index in [2.05, 4.69) is 60.7 Å². The first-order chi connectivity index (χ1) is 12.4. The summed E-state index contributed by atoms with van der Waals surface area (Å²) in [6, 6.07) is 8.71. The summed E-state index contributed by atoms with van der Waals surface area (Å²) in [5.41, 5.74) is 3.88. The van der Waals surface area contributed by atoms with Crippen molar-refractivity contribution in [2.45, 2.75) is 51.6 Å². The average Bonchev–Trinajstić information content (AvgIpc) is 2.97. The van der Waals surface area contributed by atoms with Crippen LogP contribution in [0.1, 0.15) is 30.6 Å². The number of nitrogens with one attached hydrogen (secondary N) is 1. The number of para-hydroxylation sites is 1. The number of hydrogen-bond acceptors (Lipinski definition) is 3. The van der Waals surface area contributed by atoms with Gasteiger partial charge < -0.3 is 14.2 Å². The highest BCUT2D eigenvalue weighted by Gasteiger charge is 2.43. The van der Waals surface area contributed by atoms with Crippen LogP contribution in [0.15, 0.2) is 24.3 Å². The van der Waals surface area contributed by atoms with Crippen molar-refractivity contribution in [3.8, 4) is 0 Å². The summed E-state index contributed by atoms with van der Waals surface area (Å²) < 4.78 is 6.36. The Morgan fingerprint density at radius 3 is 2.81 bits per heavy atom. The third-order valence-corrected chi connectivity index (χ3v) is 7.09. The number of aromatic amines is 1. The van der Waals surface area contributed by atoms with E-state index in [4.69, 9.17) is 4.43 Å². The molecule has 4 rings (SSSR count). The molecule has 1 aromatic carbocycles. The highest BCUT2D eigenvalue weighted by Crippen LogP contribution is 2.44. The zero-order valence-electron chi connectivity index (χ0n) is 16.3. The fourth-order valence-electron chi connectivity index (χ4n) is 4.99. The summed E-state index contributed by atoms with van der Waals surface area (Å²) in [5.74, 6) is 0.465. The molecule has 0 unspecified atom stereocenters. The molecule has 0 spiro atoms. The van der Waals surface area contributed by atoms with Gasteiger partial charge in [0.2, 0.25) is 0 Å². The average molecular weight is 371 g/mol. The summed E-state index contributed by atoms with van der Waals surface area (Å²) in [6.45, 7) is 11.0. The molecule has 140 valence electrons. The summed E-state index contributed by atoms with van der Waals surface area (Å²) in [6.07, 6.45) is 3.38. The lowest BCUT2D eigenvalue weighted by atomic mass is 9.77. The van der Waals surface area contributed by atoms with E-state index in [1.807, 2.05) is 0 Å². The Kier molecular flexibility index (Phi) is 4.57. The van der Waals surface area contributed by atoms with Gasteiger partial charge in [-0.15, -0.1) is 0 Å². The maximum Gasteiger partial charge on any atom is 0.184 e. The van der Waals surface area contributed by atoms with E-state index in [1.54, 1.807) is 0 Å². The maximum absolute atomic E-state index is 12.0. The molecule has 1 saturated heterocycles. The smallest absolute Gasteiger partial charge is 0.184 e. The van der Waals surface area contributed by atoms with Gasteiger partial charge in [0.15, 0.2) is 8.32 Å². The van der Waals surface area contributed by atoms with Crippen LogP contribution in [0.5, 0.6) is 0 Å². The van der Waals surface area contributed by atoms with Crippen LogP contribution >= 0.6 is 0 Å². The molecule has 2 aliphatic rings.